The molecular formula is C24H22O10. The average Bonchev–Trinajstić information content (AvgIpc) is 2.77. The summed E-state index contributed by atoms with van der Waals surface area (Å²) in [6, 6.07) is 5.50. The highest BCUT2D eigenvalue weighted by molar-refractivity contribution is 5.99. The number of ketones is 2. The second-order valence-corrected chi connectivity index (χ2v) is 7.98. The Kier molecular flexibility index (Phi) is 5.71. The molecule has 0 fully saturated rings. The molecule has 0 amide bonds. The van der Waals surface area contributed by atoms with E-state index in [4.69, 9.17) is 0 Å². The monoisotopic (exact) mass is 470 g/mol. The average molecular weight is 470 g/mol. The molecule has 178 valence electrons. The topological polar surface area (TPSA) is 196 Å². The molecule has 0 radical (unpaired) electrons. The molecule has 0 saturated heterocycles. The van der Waals surface area contributed by atoms with Gasteiger partial charge in [0, 0.05) is 11.1 Å². The van der Waals surface area contributed by atoms with Crippen molar-refractivity contribution in [2.45, 2.75) is 26.2 Å². The number of carbonyl (C=O) groups excluding carboxylic acids is 2. The predicted octanol–water partition coefficient (Wildman–Crippen LogP) is 3.09. The van der Waals surface area contributed by atoms with Gasteiger partial charge >= 0.3 is 0 Å². The SMILES string of the molecule is CC(=O)c1cc(C(C)(c2ccc(O)c(O)c2)c2cc(C(C)=O)c(O)c(O)c2O)c(O)c(O)c1O. The summed E-state index contributed by atoms with van der Waals surface area (Å²) in [6.45, 7) is 3.54. The van der Waals surface area contributed by atoms with E-state index in [-0.39, 0.29) is 16.7 Å². The van der Waals surface area contributed by atoms with Crippen LogP contribution in [0.15, 0.2) is 30.3 Å². The molecule has 0 atom stereocenters. The Balaban J connectivity index is 2.58. The number of hydrogen-bond donors (Lipinski definition) is 8. The molecule has 0 spiro atoms. The zero-order valence-electron chi connectivity index (χ0n) is 18.3. The van der Waals surface area contributed by atoms with Gasteiger partial charge in [-0.25, -0.2) is 0 Å². The molecule has 0 aliphatic rings. The van der Waals surface area contributed by atoms with Crippen LogP contribution in [-0.2, 0) is 5.41 Å². The van der Waals surface area contributed by atoms with Crippen LogP contribution in [0.4, 0.5) is 0 Å². The number of rotatable bonds is 5. The smallest absolute Gasteiger partial charge is 0.201 e. The molecule has 3 aromatic rings. The van der Waals surface area contributed by atoms with Gasteiger partial charge in [0.2, 0.25) is 11.5 Å². The lowest BCUT2D eigenvalue weighted by Crippen LogP contribution is -2.26. The van der Waals surface area contributed by atoms with Crippen LogP contribution in [0.3, 0.4) is 0 Å². The first kappa shape index (κ1) is 24.1. The van der Waals surface area contributed by atoms with Crippen LogP contribution in [0.25, 0.3) is 0 Å². The van der Waals surface area contributed by atoms with Crippen molar-refractivity contribution >= 4 is 11.6 Å². The third-order valence-electron chi connectivity index (χ3n) is 5.88. The van der Waals surface area contributed by atoms with E-state index in [0.29, 0.717) is 0 Å². The van der Waals surface area contributed by atoms with Gasteiger partial charge in [0.05, 0.1) is 16.5 Å². The minimum absolute atomic E-state index is 0.0487. The lowest BCUT2D eigenvalue weighted by atomic mass is 9.69. The Morgan fingerprint density at radius 1 is 0.588 bits per heavy atom. The van der Waals surface area contributed by atoms with Gasteiger partial charge in [-0.05, 0) is 50.6 Å². The highest BCUT2D eigenvalue weighted by Gasteiger charge is 2.41. The third kappa shape index (κ3) is 3.45. The summed E-state index contributed by atoms with van der Waals surface area (Å²) in [5, 5.41) is 82.4. The van der Waals surface area contributed by atoms with Crippen LogP contribution in [-0.4, -0.2) is 52.4 Å². The summed E-state index contributed by atoms with van der Waals surface area (Å²) in [5.74, 6) is -8.19. The quantitative estimate of drug-likeness (QED) is 0.156. The van der Waals surface area contributed by atoms with Crippen LogP contribution in [0.2, 0.25) is 0 Å². The fourth-order valence-electron chi connectivity index (χ4n) is 3.89. The number of phenols is 8. The first-order valence-corrected chi connectivity index (χ1v) is 9.84. The molecule has 0 aliphatic heterocycles. The summed E-state index contributed by atoms with van der Waals surface area (Å²) in [4.78, 5) is 24.2. The Hall–Kier alpha value is -4.60. The molecule has 34 heavy (non-hydrogen) atoms. The fourth-order valence-corrected chi connectivity index (χ4v) is 3.89. The maximum absolute atomic E-state index is 12.1. The number of hydrogen-bond acceptors (Lipinski definition) is 10. The van der Waals surface area contributed by atoms with E-state index in [1.54, 1.807) is 0 Å². The summed E-state index contributed by atoms with van der Waals surface area (Å²) < 4.78 is 0. The highest BCUT2D eigenvalue weighted by Crippen LogP contribution is 2.55. The van der Waals surface area contributed by atoms with E-state index in [9.17, 15) is 50.4 Å². The van der Waals surface area contributed by atoms with E-state index >= 15 is 0 Å². The minimum Gasteiger partial charge on any atom is -0.504 e. The zero-order valence-corrected chi connectivity index (χ0v) is 18.3. The summed E-state index contributed by atoms with van der Waals surface area (Å²) in [6.07, 6.45) is 0. The largest absolute Gasteiger partial charge is 0.504 e. The van der Waals surface area contributed by atoms with E-state index in [1.165, 1.54) is 13.0 Å². The molecule has 0 saturated carbocycles. The van der Waals surface area contributed by atoms with E-state index < -0.39 is 74.1 Å². The van der Waals surface area contributed by atoms with Gasteiger partial charge in [-0.3, -0.25) is 9.59 Å². The molecule has 0 heterocycles. The summed E-state index contributed by atoms with van der Waals surface area (Å²) >= 11 is 0. The Morgan fingerprint density at radius 2 is 1.00 bits per heavy atom. The molecule has 3 rings (SSSR count). The van der Waals surface area contributed by atoms with Gasteiger partial charge in [0.1, 0.15) is 0 Å². The molecule has 0 bridgehead atoms. The van der Waals surface area contributed by atoms with Gasteiger partial charge in [-0.2, -0.15) is 0 Å². The van der Waals surface area contributed by atoms with Crippen molar-refractivity contribution in [2.75, 3.05) is 0 Å². The van der Waals surface area contributed by atoms with Crippen molar-refractivity contribution in [2.24, 2.45) is 0 Å². The third-order valence-corrected chi connectivity index (χ3v) is 5.88. The Morgan fingerprint density at radius 3 is 1.35 bits per heavy atom. The van der Waals surface area contributed by atoms with Gasteiger partial charge in [-0.15, -0.1) is 0 Å². The molecule has 10 heteroatoms. The van der Waals surface area contributed by atoms with Crippen molar-refractivity contribution in [3.8, 4) is 46.0 Å². The molecule has 0 aromatic heterocycles. The van der Waals surface area contributed by atoms with Crippen molar-refractivity contribution in [1.82, 2.24) is 0 Å². The van der Waals surface area contributed by atoms with Gasteiger partial charge in [0.25, 0.3) is 0 Å². The molecule has 8 N–H and O–H groups in total. The van der Waals surface area contributed by atoms with Crippen molar-refractivity contribution in [3.05, 3.63) is 58.1 Å². The molecular weight excluding hydrogens is 448 g/mol. The van der Waals surface area contributed by atoms with Crippen molar-refractivity contribution in [1.29, 1.82) is 0 Å². The van der Waals surface area contributed by atoms with Gasteiger partial charge in [0.15, 0.2) is 46.1 Å². The fraction of sp³-hybridized carbons (Fsp3) is 0.167. The summed E-state index contributed by atoms with van der Waals surface area (Å²) in [5.41, 5.74) is -3.17. The molecule has 10 nitrogen and oxygen atoms in total. The number of phenolic OH excluding ortho intramolecular Hbond substituents is 8. The van der Waals surface area contributed by atoms with Gasteiger partial charge in [-0.1, -0.05) is 6.07 Å². The van der Waals surface area contributed by atoms with Crippen molar-refractivity contribution < 1.29 is 50.4 Å². The first-order valence-electron chi connectivity index (χ1n) is 9.84. The number of carbonyl (C=O) groups is 2. The predicted molar refractivity (Wildman–Crippen MR) is 118 cm³/mol. The Bertz CT molecular complexity index is 1280. The van der Waals surface area contributed by atoms with Crippen LogP contribution in [0.1, 0.15) is 58.2 Å². The van der Waals surface area contributed by atoms with Crippen LogP contribution >= 0.6 is 0 Å². The maximum atomic E-state index is 12.1. The molecule has 0 aliphatic carbocycles. The highest BCUT2D eigenvalue weighted by atomic mass is 16.3. The van der Waals surface area contributed by atoms with Gasteiger partial charge < -0.3 is 40.9 Å². The molecule has 3 aromatic carbocycles. The summed E-state index contributed by atoms with van der Waals surface area (Å²) in [7, 11) is 0. The number of Topliss-reactive ketones (excluding diaryl/α,β-unsaturated/α-hetero) is 2. The first-order chi connectivity index (χ1) is 15.7. The standard InChI is InChI=1S/C24H22O10/c1-9(25)12-7-14(20(31)22(33)18(12)29)24(3,11-4-5-16(27)17(28)6-11)15-8-13(10(2)26)19(30)23(34)21(15)32/h4-8,27-34H,1-3H3. The van der Waals surface area contributed by atoms with Crippen LogP contribution in [0, 0.1) is 0 Å². The van der Waals surface area contributed by atoms with E-state index in [0.717, 1.165) is 38.1 Å². The second kappa shape index (κ2) is 8.07. The van der Waals surface area contributed by atoms with Crippen molar-refractivity contribution in [3.63, 3.8) is 0 Å². The lowest BCUT2D eigenvalue weighted by molar-refractivity contribution is 0.100. The lowest BCUT2D eigenvalue weighted by Gasteiger charge is -2.34. The number of benzene rings is 3. The van der Waals surface area contributed by atoms with E-state index in [1.807, 2.05) is 0 Å². The molecule has 0 unspecified atom stereocenters. The van der Waals surface area contributed by atoms with Crippen LogP contribution < -0.4 is 0 Å². The zero-order chi connectivity index (χ0) is 25.7. The Labute approximate surface area is 192 Å². The number of aromatic hydroxyl groups is 8. The normalized spacial score (nSPS) is 11.4. The van der Waals surface area contributed by atoms with Crippen LogP contribution in [0.5, 0.6) is 46.0 Å². The maximum Gasteiger partial charge on any atom is 0.201 e. The minimum atomic E-state index is -1.86. The van der Waals surface area contributed by atoms with E-state index in [2.05, 4.69) is 0 Å². The second-order valence-electron chi connectivity index (χ2n) is 7.98.